The molecule has 34 heavy (non-hydrogen) atoms. The maximum Gasteiger partial charge on any atom is 0.256 e. The van der Waals surface area contributed by atoms with E-state index >= 15 is 0 Å². The smallest absolute Gasteiger partial charge is 0.256 e. The SMILES string of the molecule is CS.Cc1oc2ccc(OC(CCN(C)C)c3ccccc3)cc2c1C(=O)NC1CCNC1=O. The number of aryl methyl sites for hydroxylation is 1. The lowest BCUT2D eigenvalue weighted by Crippen LogP contribution is -2.40. The molecule has 0 bridgehead atoms. The fourth-order valence-corrected chi connectivity index (χ4v) is 4.02. The minimum Gasteiger partial charge on any atom is -0.486 e. The molecular formula is C26H33N3O4S. The summed E-state index contributed by atoms with van der Waals surface area (Å²) in [5, 5.41) is 6.24. The molecule has 4 rings (SSSR count). The molecule has 0 spiro atoms. The van der Waals surface area contributed by atoms with Gasteiger partial charge in [0.25, 0.3) is 5.91 Å². The molecule has 7 nitrogen and oxygen atoms in total. The van der Waals surface area contributed by atoms with Crippen LogP contribution < -0.4 is 15.4 Å². The lowest BCUT2D eigenvalue weighted by atomic mass is 10.1. The summed E-state index contributed by atoms with van der Waals surface area (Å²) in [7, 11) is 4.08. The summed E-state index contributed by atoms with van der Waals surface area (Å²) >= 11 is 3.53. The molecule has 1 saturated heterocycles. The van der Waals surface area contributed by atoms with Gasteiger partial charge in [0.05, 0.1) is 5.56 Å². The first-order valence-corrected chi connectivity index (χ1v) is 12.2. The molecule has 8 heteroatoms. The molecule has 2 N–H and O–H groups in total. The zero-order valence-electron chi connectivity index (χ0n) is 20.1. The van der Waals surface area contributed by atoms with E-state index in [0.717, 1.165) is 18.5 Å². The predicted octanol–water partition coefficient (Wildman–Crippen LogP) is 3.98. The number of carbonyl (C=O) groups is 2. The van der Waals surface area contributed by atoms with Crippen LogP contribution in [0.3, 0.4) is 0 Å². The molecule has 2 amide bonds. The maximum absolute atomic E-state index is 13.0. The molecule has 0 saturated carbocycles. The number of carbonyl (C=O) groups excluding carboxylic acids is 2. The number of nitrogens with zero attached hydrogens (tertiary/aromatic N) is 1. The molecular weight excluding hydrogens is 450 g/mol. The Morgan fingerprint density at radius 1 is 1.24 bits per heavy atom. The van der Waals surface area contributed by atoms with E-state index in [0.29, 0.717) is 41.0 Å². The van der Waals surface area contributed by atoms with Gasteiger partial charge in [0.2, 0.25) is 5.91 Å². The van der Waals surface area contributed by atoms with Gasteiger partial charge in [-0.1, -0.05) is 30.3 Å². The van der Waals surface area contributed by atoms with Gasteiger partial charge in [0.1, 0.15) is 29.2 Å². The average Bonchev–Trinajstić information content (AvgIpc) is 3.39. The number of amides is 2. The van der Waals surface area contributed by atoms with Crippen molar-refractivity contribution < 1.29 is 18.7 Å². The maximum atomic E-state index is 13.0. The summed E-state index contributed by atoms with van der Waals surface area (Å²) in [5.41, 5.74) is 2.15. The van der Waals surface area contributed by atoms with Crippen molar-refractivity contribution in [1.29, 1.82) is 0 Å². The van der Waals surface area contributed by atoms with Gasteiger partial charge < -0.3 is 24.7 Å². The van der Waals surface area contributed by atoms with Crippen molar-refractivity contribution in [3.05, 3.63) is 65.4 Å². The number of hydrogen-bond donors (Lipinski definition) is 3. The van der Waals surface area contributed by atoms with Crippen LogP contribution >= 0.6 is 12.6 Å². The topological polar surface area (TPSA) is 83.8 Å². The van der Waals surface area contributed by atoms with E-state index in [1.54, 1.807) is 13.2 Å². The molecule has 1 aliphatic heterocycles. The third-order valence-electron chi connectivity index (χ3n) is 5.70. The minimum atomic E-state index is -0.514. The molecule has 2 heterocycles. The van der Waals surface area contributed by atoms with Crippen molar-refractivity contribution in [2.24, 2.45) is 0 Å². The van der Waals surface area contributed by atoms with Gasteiger partial charge in [-0.3, -0.25) is 9.59 Å². The Bertz CT molecular complexity index is 1110. The van der Waals surface area contributed by atoms with Crippen LogP contribution in [0.2, 0.25) is 0 Å². The third-order valence-corrected chi connectivity index (χ3v) is 5.70. The van der Waals surface area contributed by atoms with E-state index in [2.05, 4.69) is 40.3 Å². The van der Waals surface area contributed by atoms with Crippen LogP contribution in [0.1, 0.15) is 40.6 Å². The normalized spacial score (nSPS) is 16.1. The van der Waals surface area contributed by atoms with Crippen molar-refractivity contribution in [2.75, 3.05) is 33.4 Å². The van der Waals surface area contributed by atoms with Crippen LogP contribution in [-0.2, 0) is 4.79 Å². The Balaban J connectivity index is 0.00000158. The summed E-state index contributed by atoms with van der Waals surface area (Å²) in [6, 6.07) is 15.1. The number of thiol groups is 1. The van der Waals surface area contributed by atoms with Gasteiger partial charge in [0, 0.05) is 24.9 Å². The Hall–Kier alpha value is -2.97. The molecule has 2 atom stereocenters. The van der Waals surface area contributed by atoms with Crippen LogP contribution in [0.25, 0.3) is 11.0 Å². The van der Waals surface area contributed by atoms with Crippen molar-refractivity contribution in [3.63, 3.8) is 0 Å². The Kier molecular flexibility index (Phi) is 9.01. The van der Waals surface area contributed by atoms with Crippen molar-refractivity contribution >= 4 is 35.4 Å². The zero-order valence-corrected chi connectivity index (χ0v) is 21.0. The van der Waals surface area contributed by atoms with Crippen LogP contribution in [-0.4, -0.2) is 56.2 Å². The van der Waals surface area contributed by atoms with Crippen molar-refractivity contribution in [2.45, 2.75) is 31.9 Å². The van der Waals surface area contributed by atoms with Gasteiger partial charge in [-0.2, -0.15) is 12.6 Å². The number of hydrogen-bond acceptors (Lipinski definition) is 6. The minimum absolute atomic E-state index is 0.122. The van der Waals surface area contributed by atoms with Crippen LogP contribution in [0.15, 0.2) is 52.9 Å². The largest absolute Gasteiger partial charge is 0.486 e. The second-order valence-corrected chi connectivity index (χ2v) is 8.41. The number of furan rings is 1. The first kappa shape index (κ1) is 25.6. The summed E-state index contributed by atoms with van der Waals surface area (Å²) in [6.07, 6.45) is 2.98. The summed E-state index contributed by atoms with van der Waals surface area (Å²) < 4.78 is 12.2. The molecule has 0 radical (unpaired) electrons. The van der Waals surface area contributed by atoms with E-state index in [4.69, 9.17) is 9.15 Å². The zero-order chi connectivity index (χ0) is 24.7. The van der Waals surface area contributed by atoms with E-state index in [-0.39, 0.29) is 17.9 Å². The van der Waals surface area contributed by atoms with Gasteiger partial charge >= 0.3 is 0 Å². The molecule has 1 aliphatic rings. The molecule has 2 aromatic carbocycles. The number of nitrogens with one attached hydrogen (secondary N) is 2. The first-order valence-electron chi connectivity index (χ1n) is 11.3. The summed E-state index contributed by atoms with van der Waals surface area (Å²) in [5.74, 6) is 0.714. The van der Waals surface area contributed by atoms with E-state index in [1.165, 1.54) is 0 Å². The van der Waals surface area contributed by atoms with Crippen LogP contribution in [0.4, 0.5) is 0 Å². The Labute approximate surface area is 206 Å². The van der Waals surface area contributed by atoms with E-state index in [1.807, 2.05) is 50.5 Å². The molecule has 0 aliphatic carbocycles. The third kappa shape index (κ3) is 6.12. The lowest BCUT2D eigenvalue weighted by molar-refractivity contribution is -0.120. The Morgan fingerprint density at radius 2 is 1.97 bits per heavy atom. The molecule has 1 fully saturated rings. The van der Waals surface area contributed by atoms with Gasteiger partial charge in [-0.05, 0) is 57.5 Å². The van der Waals surface area contributed by atoms with Crippen LogP contribution in [0.5, 0.6) is 5.75 Å². The lowest BCUT2D eigenvalue weighted by Gasteiger charge is -2.21. The standard InChI is InChI=1S/C25H29N3O4.CH4S/c1-16-23(25(30)27-20-11-13-26-24(20)29)19-15-18(9-10-22(19)31-16)32-21(12-14-28(2)3)17-7-5-4-6-8-17;1-2/h4-10,15,20-21H,11-14H2,1-3H3,(H,26,29)(H,27,30);2H,1H3. The second kappa shape index (κ2) is 11.9. The second-order valence-electron chi connectivity index (χ2n) is 8.41. The van der Waals surface area contributed by atoms with Gasteiger partial charge in [-0.15, -0.1) is 0 Å². The summed E-state index contributed by atoms with van der Waals surface area (Å²) in [6.45, 7) is 3.21. The molecule has 1 aromatic heterocycles. The highest BCUT2D eigenvalue weighted by molar-refractivity contribution is 7.79. The number of ether oxygens (including phenoxy) is 1. The van der Waals surface area contributed by atoms with Gasteiger partial charge in [0.15, 0.2) is 0 Å². The number of benzene rings is 2. The number of fused-ring (bicyclic) bond motifs is 1. The highest BCUT2D eigenvalue weighted by Gasteiger charge is 2.28. The van der Waals surface area contributed by atoms with E-state index < -0.39 is 6.04 Å². The Morgan fingerprint density at radius 3 is 2.62 bits per heavy atom. The van der Waals surface area contributed by atoms with Crippen molar-refractivity contribution in [1.82, 2.24) is 15.5 Å². The molecule has 2 unspecified atom stereocenters. The average molecular weight is 484 g/mol. The molecule has 3 aromatic rings. The predicted molar refractivity (Wildman–Crippen MR) is 138 cm³/mol. The van der Waals surface area contributed by atoms with E-state index in [9.17, 15) is 9.59 Å². The van der Waals surface area contributed by atoms with Gasteiger partial charge in [-0.25, -0.2) is 0 Å². The quantitative estimate of drug-likeness (QED) is 0.422. The highest BCUT2D eigenvalue weighted by atomic mass is 32.1. The number of rotatable bonds is 8. The monoisotopic (exact) mass is 483 g/mol. The summed E-state index contributed by atoms with van der Waals surface area (Å²) in [4.78, 5) is 27.0. The molecule has 182 valence electrons. The fraction of sp³-hybridized carbons (Fsp3) is 0.385. The van der Waals surface area contributed by atoms with Crippen LogP contribution in [0, 0.1) is 6.92 Å². The highest BCUT2D eigenvalue weighted by Crippen LogP contribution is 2.32. The van der Waals surface area contributed by atoms with Crippen molar-refractivity contribution in [3.8, 4) is 5.75 Å². The fourth-order valence-electron chi connectivity index (χ4n) is 4.02. The first-order chi connectivity index (χ1) is 16.4.